The summed E-state index contributed by atoms with van der Waals surface area (Å²) in [6, 6.07) is 0. The zero-order valence-corrected chi connectivity index (χ0v) is 13.2. The van der Waals surface area contributed by atoms with Gasteiger partial charge >= 0.3 is 0 Å². The number of carbonyl (C=O) groups is 2. The Kier molecular flexibility index (Phi) is 4.71. The molecular weight excluding hydrogens is 252 g/mol. The summed E-state index contributed by atoms with van der Waals surface area (Å²) in [5.41, 5.74) is -0.908. The van der Waals surface area contributed by atoms with Gasteiger partial charge in [0.15, 0.2) is 0 Å². The maximum Gasteiger partial charge on any atom is 0.237 e. The molecule has 0 aliphatic carbocycles. The Balaban J connectivity index is 2.03. The molecule has 0 saturated carbocycles. The van der Waals surface area contributed by atoms with Gasteiger partial charge in [0.25, 0.3) is 0 Å². The SMILES string of the molecule is CC1CCCN(C(=O)C(C)(C)C(=O)N2CCCCC2)C1. The van der Waals surface area contributed by atoms with Crippen molar-refractivity contribution < 1.29 is 9.59 Å². The van der Waals surface area contributed by atoms with Crippen molar-refractivity contribution in [3.8, 4) is 0 Å². The van der Waals surface area contributed by atoms with Crippen LogP contribution in [0.3, 0.4) is 0 Å². The molecule has 1 atom stereocenters. The molecule has 4 nitrogen and oxygen atoms in total. The first kappa shape index (κ1) is 15.3. The van der Waals surface area contributed by atoms with Gasteiger partial charge < -0.3 is 9.80 Å². The second kappa shape index (κ2) is 6.15. The highest BCUT2D eigenvalue weighted by Crippen LogP contribution is 2.27. The summed E-state index contributed by atoms with van der Waals surface area (Å²) in [4.78, 5) is 29.2. The van der Waals surface area contributed by atoms with Gasteiger partial charge in [0.2, 0.25) is 11.8 Å². The van der Waals surface area contributed by atoms with Crippen molar-refractivity contribution in [1.82, 2.24) is 9.80 Å². The zero-order chi connectivity index (χ0) is 14.8. The molecule has 0 N–H and O–H groups in total. The van der Waals surface area contributed by atoms with Crippen molar-refractivity contribution in [2.75, 3.05) is 26.2 Å². The molecule has 4 heteroatoms. The molecule has 2 aliphatic rings. The number of nitrogens with zero attached hydrogens (tertiary/aromatic N) is 2. The minimum absolute atomic E-state index is 0.0135. The highest BCUT2D eigenvalue weighted by atomic mass is 16.2. The minimum Gasteiger partial charge on any atom is -0.342 e. The smallest absolute Gasteiger partial charge is 0.237 e. The second-order valence-corrected chi connectivity index (χ2v) is 6.98. The lowest BCUT2D eigenvalue weighted by molar-refractivity contribution is -0.155. The molecule has 2 aliphatic heterocycles. The third-order valence-corrected chi connectivity index (χ3v) is 4.66. The predicted octanol–water partition coefficient (Wildman–Crippen LogP) is 2.28. The van der Waals surface area contributed by atoms with E-state index in [-0.39, 0.29) is 11.8 Å². The molecule has 2 fully saturated rings. The molecule has 1 unspecified atom stereocenters. The number of amides is 2. The van der Waals surface area contributed by atoms with Crippen LogP contribution >= 0.6 is 0 Å². The molecule has 2 heterocycles. The molecule has 114 valence electrons. The van der Waals surface area contributed by atoms with Crippen molar-refractivity contribution in [3.63, 3.8) is 0 Å². The summed E-state index contributed by atoms with van der Waals surface area (Å²) < 4.78 is 0. The monoisotopic (exact) mass is 280 g/mol. The van der Waals surface area contributed by atoms with E-state index < -0.39 is 5.41 Å². The molecule has 0 radical (unpaired) electrons. The summed E-state index contributed by atoms with van der Waals surface area (Å²) in [7, 11) is 0. The predicted molar refractivity (Wildman–Crippen MR) is 79.2 cm³/mol. The largest absolute Gasteiger partial charge is 0.342 e. The zero-order valence-electron chi connectivity index (χ0n) is 13.2. The van der Waals surface area contributed by atoms with E-state index in [4.69, 9.17) is 0 Å². The van der Waals surface area contributed by atoms with Gasteiger partial charge in [-0.2, -0.15) is 0 Å². The fourth-order valence-corrected chi connectivity index (χ4v) is 3.35. The average Bonchev–Trinajstić information content (AvgIpc) is 2.46. The van der Waals surface area contributed by atoms with Gasteiger partial charge in [-0.1, -0.05) is 6.92 Å². The maximum atomic E-state index is 12.7. The Morgan fingerprint density at radius 2 is 1.45 bits per heavy atom. The number of carbonyl (C=O) groups excluding carboxylic acids is 2. The Labute approximate surface area is 122 Å². The normalized spacial score (nSPS) is 24.6. The summed E-state index contributed by atoms with van der Waals surface area (Å²) in [5.74, 6) is 0.577. The Bertz CT molecular complexity index is 373. The highest BCUT2D eigenvalue weighted by Gasteiger charge is 2.42. The van der Waals surface area contributed by atoms with Crippen LogP contribution in [0.1, 0.15) is 52.9 Å². The molecular formula is C16H28N2O2. The molecule has 2 rings (SSSR count). The molecule has 0 aromatic carbocycles. The topological polar surface area (TPSA) is 40.6 Å². The average molecular weight is 280 g/mol. The molecule has 0 aromatic heterocycles. The van der Waals surface area contributed by atoms with Crippen molar-refractivity contribution in [2.24, 2.45) is 11.3 Å². The van der Waals surface area contributed by atoms with Crippen LogP contribution in [0.25, 0.3) is 0 Å². The van der Waals surface area contributed by atoms with E-state index in [1.807, 2.05) is 9.80 Å². The van der Waals surface area contributed by atoms with E-state index in [1.54, 1.807) is 13.8 Å². The maximum absolute atomic E-state index is 12.7. The molecule has 0 aromatic rings. The van der Waals surface area contributed by atoms with Crippen LogP contribution in [-0.2, 0) is 9.59 Å². The van der Waals surface area contributed by atoms with Crippen LogP contribution in [0.15, 0.2) is 0 Å². The Hall–Kier alpha value is -1.06. The summed E-state index contributed by atoms with van der Waals surface area (Å²) >= 11 is 0. The third-order valence-electron chi connectivity index (χ3n) is 4.66. The van der Waals surface area contributed by atoms with Gasteiger partial charge in [0.1, 0.15) is 5.41 Å². The van der Waals surface area contributed by atoms with Crippen LogP contribution in [0.2, 0.25) is 0 Å². The second-order valence-electron chi connectivity index (χ2n) is 6.98. The molecule has 2 amide bonds. The van der Waals surface area contributed by atoms with Gasteiger partial charge in [-0.15, -0.1) is 0 Å². The van der Waals surface area contributed by atoms with E-state index in [0.717, 1.165) is 45.4 Å². The standard InChI is InChI=1S/C16H28N2O2/c1-13-8-7-11-18(12-13)15(20)16(2,3)14(19)17-9-5-4-6-10-17/h13H,4-12H2,1-3H3. The van der Waals surface area contributed by atoms with Gasteiger partial charge in [-0.25, -0.2) is 0 Å². The van der Waals surface area contributed by atoms with Gasteiger partial charge in [-0.3, -0.25) is 9.59 Å². The molecule has 20 heavy (non-hydrogen) atoms. The van der Waals surface area contributed by atoms with Gasteiger partial charge in [0, 0.05) is 26.2 Å². The van der Waals surface area contributed by atoms with Gasteiger partial charge in [0.05, 0.1) is 0 Å². The third kappa shape index (κ3) is 3.15. The summed E-state index contributed by atoms with van der Waals surface area (Å²) in [5, 5.41) is 0. The number of hydrogen-bond donors (Lipinski definition) is 0. The summed E-state index contributed by atoms with van der Waals surface area (Å²) in [6.45, 7) is 9.00. The van der Waals surface area contributed by atoms with Crippen molar-refractivity contribution in [1.29, 1.82) is 0 Å². The summed E-state index contributed by atoms with van der Waals surface area (Å²) in [6.07, 6.45) is 5.57. The van der Waals surface area contributed by atoms with Crippen LogP contribution in [-0.4, -0.2) is 47.8 Å². The molecule has 2 saturated heterocycles. The minimum atomic E-state index is -0.908. The van der Waals surface area contributed by atoms with E-state index in [9.17, 15) is 9.59 Å². The number of piperidine rings is 2. The lowest BCUT2D eigenvalue weighted by atomic mass is 9.87. The van der Waals surface area contributed by atoms with Crippen molar-refractivity contribution in [3.05, 3.63) is 0 Å². The van der Waals surface area contributed by atoms with E-state index >= 15 is 0 Å². The fourth-order valence-electron chi connectivity index (χ4n) is 3.35. The first-order chi connectivity index (χ1) is 9.43. The van der Waals surface area contributed by atoms with Crippen LogP contribution in [0, 0.1) is 11.3 Å². The first-order valence-corrected chi connectivity index (χ1v) is 8.01. The molecule has 0 bridgehead atoms. The number of hydrogen-bond acceptors (Lipinski definition) is 2. The van der Waals surface area contributed by atoms with E-state index in [0.29, 0.717) is 5.92 Å². The molecule has 0 spiro atoms. The fraction of sp³-hybridized carbons (Fsp3) is 0.875. The van der Waals surface area contributed by atoms with Crippen LogP contribution < -0.4 is 0 Å². The number of likely N-dealkylation sites (tertiary alicyclic amines) is 2. The van der Waals surface area contributed by atoms with Crippen molar-refractivity contribution in [2.45, 2.75) is 52.9 Å². The van der Waals surface area contributed by atoms with Crippen molar-refractivity contribution >= 4 is 11.8 Å². The quantitative estimate of drug-likeness (QED) is 0.728. The highest BCUT2D eigenvalue weighted by molar-refractivity contribution is 6.04. The van der Waals surface area contributed by atoms with Crippen LogP contribution in [0.5, 0.6) is 0 Å². The number of rotatable bonds is 2. The Morgan fingerprint density at radius 1 is 0.900 bits per heavy atom. The van der Waals surface area contributed by atoms with Crippen LogP contribution in [0.4, 0.5) is 0 Å². The first-order valence-electron chi connectivity index (χ1n) is 8.01. The Morgan fingerprint density at radius 3 is 2.05 bits per heavy atom. The van der Waals surface area contributed by atoms with E-state index in [1.165, 1.54) is 12.8 Å². The lowest BCUT2D eigenvalue weighted by Gasteiger charge is -2.39. The van der Waals surface area contributed by atoms with Gasteiger partial charge in [-0.05, 0) is 51.9 Å². The van der Waals surface area contributed by atoms with E-state index in [2.05, 4.69) is 6.92 Å². The lowest BCUT2D eigenvalue weighted by Crippen LogP contribution is -2.53.